The van der Waals surface area contributed by atoms with Crippen molar-refractivity contribution in [2.24, 2.45) is 0 Å². The van der Waals surface area contributed by atoms with E-state index in [1.165, 1.54) is 6.20 Å². The molecule has 3 saturated heterocycles. The average Bonchev–Trinajstić information content (AvgIpc) is 3.23. The lowest BCUT2D eigenvalue weighted by Crippen LogP contribution is -2.57. The first-order chi connectivity index (χ1) is 17.3. The van der Waals surface area contributed by atoms with Crippen molar-refractivity contribution in [3.63, 3.8) is 0 Å². The molecule has 3 aliphatic rings. The van der Waals surface area contributed by atoms with Crippen LogP contribution in [0.25, 0.3) is 10.9 Å². The molecular formula is C25H33ClF2N6O3. The maximum atomic E-state index is 15.1. The normalized spacial score (nSPS) is 28.3. The number of carbonyl (C=O) groups excluding carboxylic acids is 1. The van der Waals surface area contributed by atoms with E-state index >= 15 is 4.39 Å². The van der Waals surface area contributed by atoms with Crippen LogP contribution in [0.2, 0.25) is 5.15 Å². The first kappa shape index (κ1) is 26.1. The predicted molar refractivity (Wildman–Crippen MR) is 135 cm³/mol. The van der Waals surface area contributed by atoms with E-state index in [-0.39, 0.29) is 41.5 Å². The van der Waals surface area contributed by atoms with Crippen LogP contribution >= 0.6 is 11.6 Å². The SMILES string of the molecule is CN1C[C@H](F)C[C@]1(C)COc1nc(N2C[C@H]3CC[C@@H](C2)N3C(=O)OC(C)(C)C)c2cnc(Cl)c(F)c2n1. The third kappa shape index (κ3) is 4.99. The molecule has 2 aromatic rings. The van der Waals surface area contributed by atoms with Crippen LogP contribution in [-0.2, 0) is 4.74 Å². The van der Waals surface area contributed by atoms with Crippen LogP contribution in [0.4, 0.5) is 19.4 Å². The van der Waals surface area contributed by atoms with Gasteiger partial charge in [0.1, 0.15) is 29.7 Å². The molecule has 3 aliphatic heterocycles. The molecule has 5 rings (SSSR count). The number of ether oxygens (including phenoxy) is 2. The third-order valence-electron chi connectivity index (χ3n) is 7.55. The van der Waals surface area contributed by atoms with Crippen LogP contribution in [0, 0.1) is 5.82 Å². The van der Waals surface area contributed by atoms with Gasteiger partial charge in [-0.25, -0.2) is 18.6 Å². The zero-order valence-corrected chi connectivity index (χ0v) is 22.6. The number of carbonyl (C=O) groups is 1. The minimum atomic E-state index is -0.939. The number of likely N-dealkylation sites (N-methyl/N-ethyl adjacent to an activating group) is 1. The summed E-state index contributed by atoms with van der Waals surface area (Å²) in [6.07, 6.45) is 2.19. The number of aromatic nitrogens is 3. The standard InChI is InChI=1S/C25H33ClF2N6O3/c1-24(2,3)37-23(35)34-15-6-7-16(34)12-33(11-15)21-17-9-29-20(26)18(28)19(17)30-22(31-21)36-13-25(4)8-14(27)10-32(25)5/h9,14-16H,6-8,10-13H2,1-5H3/t14-,15-,16+,25-/m1/s1. The Bertz CT molecular complexity index is 1200. The number of anilines is 1. The molecular weight excluding hydrogens is 506 g/mol. The summed E-state index contributed by atoms with van der Waals surface area (Å²) in [6.45, 7) is 8.93. The van der Waals surface area contributed by atoms with Gasteiger partial charge in [-0.15, -0.1) is 0 Å². The molecule has 1 amide bonds. The first-order valence-corrected chi connectivity index (χ1v) is 13.0. The summed E-state index contributed by atoms with van der Waals surface area (Å²) in [7, 11) is 1.85. The Kier molecular flexibility index (Phi) is 6.59. The summed E-state index contributed by atoms with van der Waals surface area (Å²) in [4.78, 5) is 31.6. The molecule has 5 heterocycles. The van der Waals surface area contributed by atoms with Gasteiger partial charge in [-0.2, -0.15) is 9.97 Å². The molecule has 0 spiro atoms. The number of fused-ring (bicyclic) bond motifs is 3. The van der Waals surface area contributed by atoms with Gasteiger partial charge >= 0.3 is 12.1 Å². The van der Waals surface area contributed by atoms with Crippen molar-refractivity contribution in [2.45, 2.75) is 76.4 Å². The van der Waals surface area contributed by atoms with E-state index in [1.807, 2.05) is 49.4 Å². The number of halogens is 3. The zero-order valence-electron chi connectivity index (χ0n) is 21.8. The molecule has 0 aromatic carbocycles. The molecule has 3 fully saturated rings. The molecule has 0 N–H and O–H groups in total. The summed E-state index contributed by atoms with van der Waals surface area (Å²) in [6, 6.07) is -0.149. The zero-order chi connectivity index (χ0) is 26.7. The molecule has 202 valence electrons. The molecule has 4 atom stereocenters. The van der Waals surface area contributed by atoms with Gasteiger partial charge in [-0.1, -0.05) is 11.6 Å². The summed E-state index contributed by atoms with van der Waals surface area (Å²) in [5.74, 6) is -0.284. The van der Waals surface area contributed by atoms with Crippen LogP contribution in [0.1, 0.15) is 47.0 Å². The Morgan fingerprint density at radius 3 is 2.49 bits per heavy atom. The second-order valence-corrected chi connectivity index (χ2v) is 12.0. The van der Waals surface area contributed by atoms with Crippen LogP contribution in [0.15, 0.2) is 6.20 Å². The number of likely N-dealkylation sites (tertiary alicyclic amines) is 1. The Morgan fingerprint density at radius 2 is 1.89 bits per heavy atom. The van der Waals surface area contributed by atoms with E-state index in [0.717, 1.165) is 12.8 Å². The summed E-state index contributed by atoms with van der Waals surface area (Å²) in [5, 5.41) is 0.119. The third-order valence-corrected chi connectivity index (χ3v) is 7.82. The van der Waals surface area contributed by atoms with Crippen molar-refractivity contribution >= 4 is 34.4 Å². The van der Waals surface area contributed by atoms with Crippen molar-refractivity contribution < 1.29 is 23.0 Å². The lowest BCUT2D eigenvalue weighted by molar-refractivity contribution is 0.0122. The largest absolute Gasteiger partial charge is 0.461 e. The Morgan fingerprint density at radius 1 is 1.22 bits per heavy atom. The monoisotopic (exact) mass is 538 g/mol. The van der Waals surface area contributed by atoms with Crippen molar-refractivity contribution in [3.8, 4) is 6.01 Å². The number of rotatable bonds is 4. The summed E-state index contributed by atoms with van der Waals surface area (Å²) < 4.78 is 40.7. The highest BCUT2D eigenvalue weighted by Gasteiger charge is 2.45. The predicted octanol–water partition coefficient (Wildman–Crippen LogP) is 4.22. The molecule has 0 unspecified atom stereocenters. The van der Waals surface area contributed by atoms with Gasteiger partial charge in [0, 0.05) is 32.3 Å². The fourth-order valence-electron chi connectivity index (χ4n) is 5.60. The quantitative estimate of drug-likeness (QED) is 0.535. The molecule has 2 bridgehead atoms. The van der Waals surface area contributed by atoms with Crippen LogP contribution in [0.3, 0.4) is 0 Å². The number of pyridine rings is 1. The highest BCUT2D eigenvalue weighted by atomic mass is 35.5. The van der Waals surface area contributed by atoms with E-state index in [4.69, 9.17) is 21.1 Å². The van der Waals surface area contributed by atoms with Crippen LogP contribution in [-0.4, -0.2) is 93.5 Å². The second kappa shape index (κ2) is 9.34. The van der Waals surface area contributed by atoms with Gasteiger partial charge < -0.3 is 14.4 Å². The number of alkyl halides is 1. The van der Waals surface area contributed by atoms with E-state index in [9.17, 15) is 9.18 Å². The highest BCUT2D eigenvalue weighted by Crippen LogP contribution is 2.37. The molecule has 0 saturated carbocycles. The summed E-state index contributed by atoms with van der Waals surface area (Å²) in [5.41, 5.74) is -1.11. The minimum absolute atomic E-state index is 0.00946. The maximum absolute atomic E-state index is 15.1. The molecule has 2 aromatic heterocycles. The van der Waals surface area contributed by atoms with Crippen molar-refractivity contribution in [1.82, 2.24) is 24.8 Å². The number of hydrogen-bond donors (Lipinski definition) is 0. The number of nitrogens with zero attached hydrogens (tertiary/aromatic N) is 6. The van der Waals surface area contributed by atoms with Gasteiger partial charge in [-0.3, -0.25) is 9.80 Å². The minimum Gasteiger partial charge on any atom is -0.461 e. The molecule has 0 aliphatic carbocycles. The van der Waals surface area contributed by atoms with Crippen LogP contribution < -0.4 is 9.64 Å². The smallest absolute Gasteiger partial charge is 0.410 e. The van der Waals surface area contributed by atoms with E-state index in [0.29, 0.717) is 37.3 Å². The molecule has 12 heteroatoms. The first-order valence-electron chi connectivity index (χ1n) is 12.6. The lowest BCUT2D eigenvalue weighted by Gasteiger charge is -2.42. The van der Waals surface area contributed by atoms with Crippen molar-refractivity contribution in [3.05, 3.63) is 17.2 Å². The average molecular weight is 539 g/mol. The van der Waals surface area contributed by atoms with Crippen molar-refractivity contribution in [1.29, 1.82) is 0 Å². The van der Waals surface area contributed by atoms with Gasteiger partial charge in [0.05, 0.1) is 23.0 Å². The number of amides is 1. The van der Waals surface area contributed by atoms with Crippen molar-refractivity contribution in [2.75, 3.05) is 38.2 Å². The Labute approximate surface area is 220 Å². The Hall–Kier alpha value is -2.53. The Balaban J connectivity index is 1.44. The number of piperazine rings is 1. The van der Waals surface area contributed by atoms with E-state index in [1.54, 1.807) is 0 Å². The highest BCUT2D eigenvalue weighted by molar-refractivity contribution is 6.30. The van der Waals surface area contributed by atoms with Gasteiger partial charge in [0.15, 0.2) is 11.0 Å². The topological polar surface area (TPSA) is 83.9 Å². The maximum Gasteiger partial charge on any atom is 0.410 e. The van der Waals surface area contributed by atoms with Gasteiger partial charge in [0.2, 0.25) is 0 Å². The van der Waals surface area contributed by atoms with Crippen LogP contribution in [0.5, 0.6) is 6.01 Å². The van der Waals surface area contributed by atoms with E-state index in [2.05, 4.69) is 15.0 Å². The molecule has 37 heavy (non-hydrogen) atoms. The summed E-state index contributed by atoms with van der Waals surface area (Å²) >= 11 is 5.97. The lowest BCUT2D eigenvalue weighted by atomic mass is 10.0. The van der Waals surface area contributed by atoms with Gasteiger partial charge in [0.25, 0.3) is 0 Å². The molecule has 9 nitrogen and oxygen atoms in total. The second-order valence-electron chi connectivity index (χ2n) is 11.6. The fourth-order valence-corrected chi connectivity index (χ4v) is 5.74. The number of hydrogen-bond acceptors (Lipinski definition) is 8. The fraction of sp³-hybridized carbons (Fsp3) is 0.680. The van der Waals surface area contributed by atoms with Gasteiger partial charge in [-0.05, 0) is 47.6 Å². The van der Waals surface area contributed by atoms with E-state index < -0.39 is 23.1 Å². The molecule has 0 radical (unpaired) electrons.